The Bertz CT molecular complexity index is 565. The minimum Gasteiger partial charge on any atom is -0.339 e. The topological polar surface area (TPSA) is 63.8 Å². The van der Waals surface area contributed by atoms with Crippen molar-refractivity contribution in [2.75, 3.05) is 6.54 Å². The molecule has 0 aliphatic carbocycles. The minimum absolute atomic E-state index is 0.377. The van der Waals surface area contributed by atoms with E-state index in [0.717, 1.165) is 30.5 Å². The first kappa shape index (κ1) is 15.6. The molecular formula is C16H24N4O. The molecule has 21 heavy (non-hydrogen) atoms. The van der Waals surface area contributed by atoms with Crippen LogP contribution in [0.4, 0.5) is 0 Å². The Balaban J connectivity index is 2.10. The lowest BCUT2D eigenvalue weighted by Gasteiger charge is -2.17. The number of pyridine rings is 1. The number of aromatic nitrogens is 3. The monoisotopic (exact) mass is 288 g/mol. The molecule has 1 atom stereocenters. The predicted molar refractivity (Wildman–Crippen MR) is 82.9 cm³/mol. The maximum absolute atomic E-state index is 5.41. The zero-order valence-corrected chi connectivity index (χ0v) is 13.3. The predicted octanol–water partition coefficient (Wildman–Crippen LogP) is 3.01. The Morgan fingerprint density at radius 3 is 2.81 bits per heavy atom. The minimum atomic E-state index is 0.377. The van der Waals surface area contributed by atoms with Crippen LogP contribution in [0.25, 0.3) is 11.4 Å². The second kappa shape index (κ2) is 7.31. The first-order valence-corrected chi connectivity index (χ1v) is 7.57. The van der Waals surface area contributed by atoms with E-state index in [4.69, 9.17) is 4.52 Å². The van der Waals surface area contributed by atoms with E-state index in [-0.39, 0.29) is 0 Å². The van der Waals surface area contributed by atoms with Gasteiger partial charge in [-0.2, -0.15) is 4.98 Å². The molecular weight excluding hydrogens is 264 g/mol. The van der Waals surface area contributed by atoms with Crippen LogP contribution in [0.5, 0.6) is 0 Å². The number of aryl methyl sites for hydroxylation is 1. The van der Waals surface area contributed by atoms with Crippen molar-refractivity contribution in [1.29, 1.82) is 0 Å². The molecule has 5 nitrogen and oxygen atoms in total. The first-order chi connectivity index (χ1) is 10.1. The van der Waals surface area contributed by atoms with Gasteiger partial charge in [0.15, 0.2) is 0 Å². The van der Waals surface area contributed by atoms with E-state index in [1.807, 2.05) is 19.2 Å². The summed E-state index contributed by atoms with van der Waals surface area (Å²) >= 11 is 0. The summed E-state index contributed by atoms with van der Waals surface area (Å²) in [6.07, 6.45) is 5.42. The average Bonchev–Trinajstić information content (AvgIpc) is 2.87. The first-order valence-electron chi connectivity index (χ1n) is 7.57. The van der Waals surface area contributed by atoms with E-state index in [1.165, 1.54) is 0 Å². The Labute approximate surface area is 126 Å². The second-order valence-corrected chi connectivity index (χ2v) is 5.79. The molecule has 0 radical (unpaired) electrons. The van der Waals surface area contributed by atoms with Gasteiger partial charge in [0.25, 0.3) is 0 Å². The van der Waals surface area contributed by atoms with Gasteiger partial charge in [0, 0.05) is 30.4 Å². The van der Waals surface area contributed by atoms with Crippen LogP contribution < -0.4 is 5.32 Å². The van der Waals surface area contributed by atoms with Crippen LogP contribution in [0.1, 0.15) is 38.6 Å². The summed E-state index contributed by atoms with van der Waals surface area (Å²) in [4.78, 5) is 8.61. The SMILES string of the molecule is CCNC(Cc1nc(-c2ccncc2C)no1)CC(C)C. The Morgan fingerprint density at radius 1 is 1.33 bits per heavy atom. The molecule has 0 saturated carbocycles. The molecule has 0 spiro atoms. The zero-order valence-electron chi connectivity index (χ0n) is 13.3. The molecule has 2 rings (SSSR count). The summed E-state index contributed by atoms with van der Waals surface area (Å²) < 4.78 is 5.41. The van der Waals surface area contributed by atoms with E-state index >= 15 is 0 Å². The lowest BCUT2D eigenvalue weighted by Crippen LogP contribution is -2.32. The van der Waals surface area contributed by atoms with Gasteiger partial charge in [-0.15, -0.1) is 0 Å². The highest BCUT2D eigenvalue weighted by molar-refractivity contribution is 5.57. The number of nitrogens with zero attached hydrogens (tertiary/aromatic N) is 3. The summed E-state index contributed by atoms with van der Waals surface area (Å²) in [6.45, 7) is 9.52. The Morgan fingerprint density at radius 2 is 2.14 bits per heavy atom. The van der Waals surface area contributed by atoms with Crippen LogP contribution in [0.3, 0.4) is 0 Å². The molecule has 2 aromatic heterocycles. The summed E-state index contributed by atoms with van der Waals surface area (Å²) in [7, 11) is 0. The van der Waals surface area contributed by atoms with Gasteiger partial charge in [-0.3, -0.25) is 4.98 Å². The fourth-order valence-electron chi connectivity index (χ4n) is 2.48. The molecule has 5 heteroatoms. The quantitative estimate of drug-likeness (QED) is 0.848. The van der Waals surface area contributed by atoms with Crippen LogP contribution in [0.2, 0.25) is 0 Å². The number of likely N-dealkylation sites (N-methyl/N-ethyl adjacent to an activating group) is 1. The van der Waals surface area contributed by atoms with E-state index in [2.05, 4.69) is 41.2 Å². The highest BCUT2D eigenvalue weighted by Crippen LogP contribution is 2.19. The Hall–Kier alpha value is -1.75. The van der Waals surface area contributed by atoms with Gasteiger partial charge in [0.1, 0.15) is 0 Å². The summed E-state index contributed by atoms with van der Waals surface area (Å²) in [5, 5.41) is 7.58. The second-order valence-electron chi connectivity index (χ2n) is 5.79. The molecule has 0 fully saturated rings. The molecule has 0 aliphatic heterocycles. The van der Waals surface area contributed by atoms with Gasteiger partial charge in [-0.05, 0) is 37.4 Å². The average molecular weight is 288 g/mol. The standard InChI is InChI=1S/C16H24N4O/c1-5-18-13(8-11(2)3)9-15-19-16(20-21-15)14-6-7-17-10-12(14)4/h6-7,10-11,13,18H,5,8-9H2,1-4H3. The van der Waals surface area contributed by atoms with E-state index < -0.39 is 0 Å². The highest BCUT2D eigenvalue weighted by atomic mass is 16.5. The molecule has 2 heterocycles. The number of hydrogen-bond acceptors (Lipinski definition) is 5. The van der Waals surface area contributed by atoms with Crippen LogP contribution >= 0.6 is 0 Å². The van der Waals surface area contributed by atoms with E-state index in [9.17, 15) is 0 Å². The summed E-state index contributed by atoms with van der Waals surface area (Å²) in [5.41, 5.74) is 2.03. The van der Waals surface area contributed by atoms with Gasteiger partial charge >= 0.3 is 0 Å². The Kier molecular flexibility index (Phi) is 5.44. The van der Waals surface area contributed by atoms with Crippen LogP contribution in [0, 0.1) is 12.8 Å². The third kappa shape index (κ3) is 4.36. The lowest BCUT2D eigenvalue weighted by molar-refractivity contribution is 0.340. The van der Waals surface area contributed by atoms with Gasteiger partial charge in [0.05, 0.1) is 0 Å². The van der Waals surface area contributed by atoms with Crippen molar-refractivity contribution in [3.05, 3.63) is 29.9 Å². The number of rotatable bonds is 7. The van der Waals surface area contributed by atoms with Crippen LogP contribution in [-0.4, -0.2) is 27.7 Å². The molecule has 0 amide bonds. The van der Waals surface area contributed by atoms with Crippen molar-refractivity contribution >= 4 is 0 Å². The normalized spacial score (nSPS) is 12.8. The van der Waals surface area contributed by atoms with Crippen molar-refractivity contribution < 1.29 is 4.52 Å². The van der Waals surface area contributed by atoms with Gasteiger partial charge in [-0.25, -0.2) is 0 Å². The molecule has 0 aliphatic rings. The molecule has 114 valence electrons. The van der Waals surface area contributed by atoms with Crippen molar-refractivity contribution in [2.45, 2.75) is 46.6 Å². The number of nitrogens with one attached hydrogen (secondary N) is 1. The van der Waals surface area contributed by atoms with Crippen molar-refractivity contribution in [1.82, 2.24) is 20.4 Å². The maximum atomic E-state index is 5.41. The van der Waals surface area contributed by atoms with E-state index in [1.54, 1.807) is 6.20 Å². The van der Waals surface area contributed by atoms with Crippen molar-refractivity contribution in [2.24, 2.45) is 5.92 Å². The highest BCUT2D eigenvalue weighted by Gasteiger charge is 2.16. The largest absolute Gasteiger partial charge is 0.339 e. The summed E-state index contributed by atoms with van der Waals surface area (Å²) in [6, 6.07) is 2.29. The third-order valence-electron chi connectivity index (χ3n) is 3.40. The zero-order chi connectivity index (χ0) is 15.2. The fourth-order valence-corrected chi connectivity index (χ4v) is 2.48. The molecule has 0 aromatic carbocycles. The van der Waals surface area contributed by atoms with Crippen LogP contribution in [0.15, 0.2) is 23.0 Å². The molecule has 0 saturated heterocycles. The lowest BCUT2D eigenvalue weighted by atomic mass is 10.0. The molecule has 1 unspecified atom stereocenters. The third-order valence-corrected chi connectivity index (χ3v) is 3.40. The van der Waals surface area contributed by atoms with Crippen LogP contribution in [-0.2, 0) is 6.42 Å². The van der Waals surface area contributed by atoms with Crippen molar-refractivity contribution in [3.63, 3.8) is 0 Å². The smallest absolute Gasteiger partial charge is 0.228 e. The molecule has 2 aromatic rings. The van der Waals surface area contributed by atoms with Crippen molar-refractivity contribution in [3.8, 4) is 11.4 Å². The van der Waals surface area contributed by atoms with Gasteiger partial charge in [-0.1, -0.05) is 25.9 Å². The van der Waals surface area contributed by atoms with Gasteiger partial charge in [0.2, 0.25) is 11.7 Å². The van der Waals surface area contributed by atoms with Gasteiger partial charge < -0.3 is 9.84 Å². The maximum Gasteiger partial charge on any atom is 0.228 e. The molecule has 0 bridgehead atoms. The van der Waals surface area contributed by atoms with E-state index in [0.29, 0.717) is 23.7 Å². The molecule has 1 N–H and O–H groups in total. The summed E-state index contributed by atoms with van der Waals surface area (Å²) in [5.74, 6) is 1.97. The fraction of sp³-hybridized carbons (Fsp3) is 0.562. The number of hydrogen-bond donors (Lipinski definition) is 1.